The number of carbonyl (C=O) groups excluding carboxylic acids is 1. The molecule has 0 spiro atoms. The summed E-state index contributed by atoms with van der Waals surface area (Å²) in [6, 6.07) is 15.8. The number of benzene rings is 2. The van der Waals surface area contributed by atoms with Gasteiger partial charge in [0.05, 0.1) is 17.0 Å². The van der Waals surface area contributed by atoms with Crippen LogP contribution in [0.25, 0.3) is 11.3 Å². The highest BCUT2D eigenvalue weighted by molar-refractivity contribution is 6.05. The zero-order chi connectivity index (χ0) is 17.1. The average molecular weight is 324 g/mol. The van der Waals surface area contributed by atoms with Crippen LogP contribution < -0.4 is 5.32 Å². The predicted molar refractivity (Wildman–Crippen MR) is 88.7 cm³/mol. The van der Waals surface area contributed by atoms with Gasteiger partial charge in [-0.3, -0.25) is 9.78 Å². The smallest absolute Gasteiger partial charge is 0.257 e. The second-order valence-electron chi connectivity index (χ2n) is 5.31. The first-order valence-electron chi connectivity index (χ1n) is 7.33. The Balaban J connectivity index is 1.85. The topological polar surface area (TPSA) is 42.0 Å². The van der Waals surface area contributed by atoms with Crippen LogP contribution in [0.2, 0.25) is 0 Å². The molecule has 0 fully saturated rings. The number of hydrogen-bond donors (Lipinski definition) is 1. The van der Waals surface area contributed by atoms with E-state index in [1.807, 2.05) is 30.3 Å². The van der Waals surface area contributed by atoms with Crippen LogP contribution in [0.4, 0.5) is 14.5 Å². The largest absolute Gasteiger partial charge is 0.322 e. The molecule has 0 aliphatic rings. The standard InChI is InChI=1S/C19H14F2N2O/c1-12-17(7-8-18(22-12)13-5-3-2-4-6-13)19(24)23-16-10-14(20)9-15(21)11-16/h2-11H,1H3,(H,23,24). The summed E-state index contributed by atoms with van der Waals surface area (Å²) >= 11 is 0. The van der Waals surface area contributed by atoms with Crippen molar-refractivity contribution in [3.05, 3.63) is 83.6 Å². The molecule has 5 heteroatoms. The van der Waals surface area contributed by atoms with Crippen molar-refractivity contribution in [1.29, 1.82) is 0 Å². The maximum Gasteiger partial charge on any atom is 0.257 e. The molecule has 0 bridgehead atoms. The van der Waals surface area contributed by atoms with Crippen molar-refractivity contribution in [3.63, 3.8) is 0 Å². The Labute approximate surface area is 138 Å². The Kier molecular flexibility index (Phi) is 4.33. The minimum atomic E-state index is -0.750. The fourth-order valence-corrected chi connectivity index (χ4v) is 2.40. The van der Waals surface area contributed by atoms with E-state index >= 15 is 0 Å². The summed E-state index contributed by atoms with van der Waals surface area (Å²) in [5.41, 5.74) is 2.63. The molecule has 0 saturated heterocycles. The van der Waals surface area contributed by atoms with Crippen molar-refractivity contribution in [2.24, 2.45) is 0 Å². The summed E-state index contributed by atoms with van der Waals surface area (Å²) in [5, 5.41) is 2.48. The number of pyridine rings is 1. The van der Waals surface area contributed by atoms with E-state index < -0.39 is 17.5 Å². The summed E-state index contributed by atoms with van der Waals surface area (Å²) in [6.07, 6.45) is 0. The van der Waals surface area contributed by atoms with Crippen molar-refractivity contribution in [3.8, 4) is 11.3 Å². The fraction of sp³-hybridized carbons (Fsp3) is 0.0526. The Morgan fingerprint density at radius 1 is 0.958 bits per heavy atom. The molecule has 0 radical (unpaired) electrons. The highest BCUT2D eigenvalue weighted by Gasteiger charge is 2.12. The second kappa shape index (κ2) is 6.58. The van der Waals surface area contributed by atoms with Gasteiger partial charge < -0.3 is 5.32 Å². The molecule has 3 rings (SSSR count). The average Bonchev–Trinajstić information content (AvgIpc) is 2.54. The molecule has 0 atom stereocenters. The Morgan fingerprint density at radius 3 is 2.25 bits per heavy atom. The van der Waals surface area contributed by atoms with Crippen LogP contribution in [0.5, 0.6) is 0 Å². The lowest BCUT2D eigenvalue weighted by atomic mass is 10.1. The molecule has 2 aromatic carbocycles. The number of nitrogens with zero attached hydrogens (tertiary/aromatic N) is 1. The molecule has 3 nitrogen and oxygen atoms in total. The number of aryl methyl sites for hydroxylation is 1. The van der Waals surface area contributed by atoms with E-state index in [2.05, 4.69) is 10.3 Å². The molecule has 0 unspecified atom stereocenters. The van der Waals surface area contributed by atoms with Crippen LogP contribution in [0, 0.1) is 18.6 Å². The van der Waals surface area contributed by atoms with Gasteiger partial charge in [-0.1, -0.05) is 30.3 Å². The molecule has 24 heavy (non-hydrogen) atoms. The van der Waals surface area contributed by atoms with Crippen LogP contribution >= 0.6 is 0 Å². The lowest BCUT2D eigenvalue weighted by Gasteiger charge is -2.09. The van der Waals surface area contributed by atoms with E-state index in [9.17, 15) is 13.6 Å². The molecule has 3 aromatic rings. The lowest BCUT2D eigenvalue weighted by molar-refractivity contribution is 0.102. The molecule has 1 heterocycles. The first-order chi connectivity index (χ1) is 11.5. The normalized spacial score (nSPS) is 10.5. The first-order valence-corrected chi connectivity index (χ1v) is 7.33. The SMILES string of the molecule is Cc1nc(-c2ccccc2)ccc1C(=O)Nc1cc(F)cc(F)c1. The molecule has 120 valence electrons. The summed E-state index contributed by atoms with van der Waals surface area (Å²) in [4.78, 5) is 16.7. The van der Waals surface area contributed by atoms with Crippen LogP contribution in [0.15, 0.2) is 60.7 Å². The third kappa shape index (κ3) is 3.46. The monoisotopic (exact) mass is 324 g/mol. The number of amides is 1. The van der Waals surface area contributed by atoms with Gasteiger partial charge >= 0.3 is 0 Å². The number of anilines is 1. The molecule has 0 aliphatic carbocycles. The third-order valence-electron chi connectivity index (χ3n) is 3.52. The van der Waals surface area contributed by atoms with Crippen LogP contribution in [0.1, 0.15) is 16.1 Å². The van der Waals surface area contributed by atoms with Gasteiger partial charge in [-0.05, 0) is 31.2 Å². The summed E-state index contributed by atoms with van der Waals surface area (Å²) < 4.78 is 26.4. The van der Waals surface area contributed by atoms with E-state index in [4.69, 9.17) is 0 Å². The Morgan fingerprint density at radius 2 is 1.62 bits per heavy atom. The van der Waals surface area contributed by atoms with Crippen molar-refractivity contribution < 1.29 is 13.6 Å². The number of rotatable bonds is 3. The van der Waals surface area contributed by atoms with E-state index in [1.54, 1.807) is 19.1 Å². The minimum absolute atomic E-state index is 0.0593. The highest BCUT2D eigenvalue weighted by atomic mass is 19.1. The molecular formula is C19H14F2N2O. The number of hydrogen-bond acceptors (Lipinski definition) is 2. The maximum absolute atomic E-state index is 13.2. The third-order valence-corrected chi connectivity index (χ3v) is 3.52. The van der Waals surface area contributed by atoms with Gasteiger partial charge in [0.25, 0.3) is 5.91 Å². The number of aromatic nitrogens is 1. The minimum Gasteiger partial charge on any atom is -0.322 e. The molecule has 0 aliphatic heterocycles. The summed E-state index contributed by atoms with van der Waals surface area (Å²) in [7, 11) is 0. The number of nitrogens with one attached hydrogen (secondary N) is 1. The zero-order valence-corrected chi connectivity index (χ0v) is 12.9. The number of halogens is 2. The summed E-state index contributed by atoms with van der Waals surface area (Å²) in [6.45, 7) is 1.72. The molecule has 0 saturated carbocycles. The van der Waals surface area contributed by atoms with Gasteiger partial charge in [0.15, 0.2) is 0 Å². The van der Waals surface area contributed by atoms with E-state index in [0.717, 1.165) is 29.5 Å². The van der Waals surface area contributed by atoms with E-state index in [-0.39, 0.29) is 5.69 Å². The Hall–Kier alpha value is -3.08. The van der Waals surface area contributed by atoms with Crippen molar-refractivity contribution in [2.75, 3.05) is 5.32 Å². The van der Waals surface area contributed by atoms with Gasteiger partial charge in [0, 0.05) is 17.3 Å². The van der Waals surface area contributed by atoms with Gasteiger partial charge in [0.1, 0.15) is 11.6 Å². The van der Waals surface area contributed by atoms with Gasteiger partial charge in [-0.25, -0.2) is 8.78 Å². The molecule has 1 amide bonds. The predicted octanol–water partition coefficient (Wildman–Crippen LogP) is 4.59. The van der Waals surface area contributed by atoms with E-state index in [0.29, 0.717) is 11.3 Å². The van der Waals surface area contributed by atoms with Crippen LogP contribution in [-0.2, 0) is 0 Å². The molecule has 1 N–H and O–H groups in total. The van der Waals surface area contributed by atoms with Gasteiger partial charge in [-0.15, -0.1) is 0 Å². The number of carbonyl (C=O) groups is 1. The first kappa shape index (κ1) is 15.8. The van der Waals surface area contributed by atoms with Crippen LogP contribution in [0.3, 0.4) is 0 Å². The van der Waals surface area contributed by atoms with Crippen molar-refractivity contribution in [2.45, 2.75) is 6.92 Å². The van der Waals surface area contributed by atoms with Crippen LogP contribution in [-0.4, -0.2) is 10.9 Å². The molecular weight excluding hydrogens is 310 g/mol. The quantitative estimate of drug-likeness (QED) is 0.766. The molecule has 1 aromatic heterocycles. The zero-order valence-electron chi connectivity index (χ0n) is 12.9. The van der Waals surface area contributed by atoms with Gasteiger partial charge in [0.2, 0.25) is 0 Å². The highest BCUT2D eigenvalue weighted by Crippen LogP contribution is 2.20. The van der Waals surface area contributed by atoms with Gasteiger partial charge in [-0.2, -0.15) is 0 Å². The van der Waals surface area contributed by atoms with Crippen molar-refractivity contribution in [1.82, 2.24) is 4.98 Å². The maximum atomic E-state index is 13.2. The fourth-order valence-electron chi connectivity index (χ4n) is 2.40. The summed E-state index contributed by atoms with van der Waals surface area (Å²) in [5.74, 6) is -1.97. The lowest BCUT2D eigenvalue weighted by Crippen LogP contribution is -2.14. The second-order valence-corrected chi connectivity index (χ2v) is 5.31. The van der Waals surface area contributed by atoms with Crippen molar-refractivity contribution >= 4 is 11.6 Å². The van der Waals surface area contributed by atoms with E-state index in [1.165, 1.54) is 0 Å². The Bertz CT molecular complexity index is 875.